The van der Waals surface area contributed by atoms with Crippen molar-refractivity contribution in [1.82, 2.24) is 20.3 Å². The first-order valence-electron chi connectivity index (χ1n) is 7.00. The van der Waals surface area contributed by atoms with Gasteiger partial charge in [-0.05, 0) is 18.4 Å². The third-order valence-corrected chi connectivity index (χ3v) is 3.21. The quantitative estimate of drug-likeness (QED) is 0.640. The van der Waals surface area contributed by atoms with Gasteiger partial charge >= 0.3 is 0 Å². The van der Waals surface area contributed by atoms with Crippen LogP contribution in [0.25, 0.3) is 11.0 Å². The first-order valence-corrected chi connectivity index (χ1v) is 7.00. The molecule has 2 heterocycles. The Labute approximate surface area is 117 Å². The van der Waals surface area contributed by atoms with E-state index in [0.29, 0.717) is 23.6 Å². The summed E-state index contributed by atoms with van der Waals surface area (Å²) in [4.78, 5) is 21.4. The number of aromatic amines is 2. The molecule has 0 fully saturated rings. The topological polar surface area (TPSA) is 99.6 Å². The standard InChI is InChI=1S/C12H15N5O.C2H6/c13-12-16-10-9(11(18)17-12)7(6-15-10)5-14-8-3-1-2-4-8;1-2/h1,3,6,8,14H,2,4-5H2,(H4,13,15,16,17,18);1-2H3. The summed E-state index contributed by atoms with van der Waals surface area (Å²) < 4.78 is 0. The van der Waals surface area contributed by atoms with Crippen LogP contribution in [0, 0.1) is 0 Å². The summed E-state index contributed by atoms with van der Waals surface area (Å²) in [7, 11) is 0. The van der Waals surface area contributed by atoms with E-state index in [9.17, 15) is 4.79 Å². The molecule has 1 aliphatic carbocycles. The van der Waals surface area contributed by atoms with Crippen molar-refractivity contribution in [3.63, 3.8) is 0 Å². The molecule has 0 bridgehead atoms. The van der Waals surface area contributed by atoms with E-state index in [4.69, 9.17) is 5.73 Å². The molecule has 1 aliphatic rings. The third-order valence-electron chi connectivity index (χ3n) is 3.21. The lowest BCUT2D eigenvalue weighted by Gasteiger charge is -2.09. The number of rotatable bonds is 3. The van der Waals surface area contributed by atoms with Crippen LogP contribution in [0.15, 0.2) is 23.1 Å². The average Bonchev–Trinajstić information content (AvgIpc) is 3.07. The summed E-state index contributed by atoms with van der Waals surface area (Å²) in [5, 5.41) is 3.98. The van der Waals surface area contributed by atoms with Crippen molar-refractivity contribution >= 4 is 17.0 Å². The van der Waals surface area contributed by atoms with Gasteiger partial charge < -0.3 is 16.0 Å². The van der Waals surface area contributed by atoms with Crippen LogP contribution in [-0.4, -0.2) is 21.0 Å². The van der Waals surface area contributed by atoms with Gasteiger partial charge in [0.2, 0.25) is 5.95 Å². The Morgan fingerprint density at radius 2 is 2.30 bits per heavy atom. The van der Waals surface area contributed by atoms with E-state index < -0.39 is 0 Å². The summed E-state index contributed by atoms with van der Waals surface area (Å²) in [6.07, 6.45) is 8.36. The Balaban J connectivity index is 0.000000704. The number of hydrogen-bond acceptors (Lipinski definition) is 4. The van der Waals surface area contributed by atoms with Crippen molar-refractivity contribution in [2.24, 2.45) is 0 Å². The SMILES string of the molecule is CC.Nc1nc2[nH]cc(CNC3C=CCC3)c2c(=O)[nH]1. The number of nitrogens with zero attached hydrogens (tertiary/aromatic N) is 1. The summed E-state index contributed by atoms with van der Waals surface area (Å²) in [5.41, 5.74) is 6.75. The monoisotopic (exact) mass is 275 g/mol. The molecule has 2 aromatic rings. The van der Waals surface area contributed by atoms with Crippen molar-refractivity contribution in [2.45, 2.75) is 39.3 Å². The molecule has 0 aromatic carbocycles. The molecule has 20 heavy (non-hydrogen) atoms. The molecular weight excluding hydrogens is 254 g/mol. The molecule has 6 heteroatoms. The van der Waals surface area contributed by atoms with Crippen LogP contribution >= 0.6 is 0 Å². The minimum Gasteiger partial charge on any atom is -0.369 e. The van der Waals surface area contributed by atoms with Crippen molar-refractivity contribution in [3.8, 4) is 0 Å². The molecule has 0 aliphatic heterocycles. The zero-order valence-electron chi connectivity index (χ0n) is 11.9. The van der Waals surface area contributed by atoms with Gasteiger partial charge in [-0.1, -0.05) is 26.0 Å². The highest BCUT2D eigenvalue weighted by Crippen LogP contribution is 2.14. The predicted molar refractivity (Wildman–Crippen MR) is 81.5 cm³/mol. The van der Waals surface area contributed by atoms with Crippen molar-refractivity contribution < 1.29 is 0 Å². The fourth-order valence-electron chi connectivity index (χ4n) is 2.30. The summed E-state index contributed by atoms with van der Waals surface area (Å²) >= 11 is 0. The molecule has 108 valence electrons. The number of hydrogen-bond donors (Lipinski definition) is 4. The van der Waals surface area contributed by atoms with Crippen LogP contribution in [0.5, 0.6) is 0 Å². The second-order valence-corrected chi connectivity index (χ2v) is 4.48. The zero-order valence-corrected chi connectivity index (χ0v) is 11.9. The van der Waals surface area contributed by atoms with Crippen molar-refractivity contribution in [2.75, 3.05) is 5.73 Å². The van der Waals surface area contributed by atoms with Crippen molar-refractivity contribution in [3.05, 3.63) is 34.3 Å². The molecule has 0 amide bonds. The number of aromatic nitrogens is 3. The lowest BCUT2D eigenvalue weighted by atomic mass is 10.2. The minimum absolute atomic E-state index is 0.132. The number of nitrogen functional groups attached to an aromatic ring is 1. The van der Waals surface area contributed by atoms with Crippen LogP contribution in [0.1, 0.15) is 32.3 Å². The molecule has 0 radical (unpaired) electrons. The van der Waals surface area contributed by atoms with Gasteiger partial charge in [0.25, 0.3) is 5.56 Å². The van der Waals surface area contributed by atoms with Crippen LogP contribution in [0.3, 0.4) is 0 Å². The van der Waals surface area contributed by atoms with Gasteiger partial charge in [0.05, 0.1) is 5.39 Å². The van der Waals surface area contributed by atoms with E-state index in [-0.39, 0.29) is 11.5 Å². The summed E-state index contributed by atoms with van der Waals surface area (Å²) in [6.45, 7) is 4.64. The molecule has 2 aromatic heterocycles. The number of allylic oxidation sites excluding steroid dienone is 1. The first-order chi connectivity index (χ1) is 9.74. The van der Waals surface area contributed by atoms with Crippen LogP contribution < -0.4 is 16.6 Å². The van der Waals surface area contributed by atoms with E-state index in [1.165, 1.54) is 0 Å². The van der Waals surface area contributed by atoms with Crippen LogP contribution in [-0.2, 0) is 6.54 Å². The second kappa shape index (κ2) is 6.38. The second-order valence-electron chi connectivity index (χ2n) is 4.48. The van der Waals surface area contributed by atoms with Gasteiger partial charge in [-0.3, -0.25) is 9.78 Å². The fraction of sp³-hybridized carbons (Fsp3) is 0.429. The van der Waals surface area contributed by atoms with Crippen LogP contribution in [0.2, 0.25) is 0 Å². The number of nitrogens with two attached hydrogens (primary N) is 1. The summed E-state index contributed by atoms with van der Waals surface area (Å²) in [5.74, 6) is 0.132. The Kier molecular flexibility index (Phi) is 4.57. The maximum absolute atomic E-state index is 11.8. The minimum atomic E-state index is -0.197. The van der Waals surface area contributed by atoms with Gasteiger partial charge in [0, 0.05) is 18.8 Å². The molecule has 1 atom stereocenters. The lowest BCUT2D eigenvalue weighted by Crippen LogP contribution is -2.25. The number of fused-ring (bicyclic) bond motifs is 1. The van der Waals surface area contributed by atoms with E-state index in [2.05, 4.69) is 32.4 Å². The molecule has 3 rings (SSSR count). The molecule has 5 N–H and O–H groups in total. The van der Waals surface area contributed by atoms with Gasteiger partial charge in [0.15, 0.2) is 0 Å². The Morgan fingerprint density at radius 3 is 3.00 bits per heavy atom. The highest BCUT2D eigenvalue weighted by molar-refractivity contribution is 5.79. The fourth-order valence-corrected chi connectivity index (χ4v) is 2.30. The molecule has 0 saturated heterocycles. The first kappa shape index (κ1) is 14.3. The maximum atomic E-state index is 11.8. The normalized spacial score (nSPS) is 17.2. The van der Waals surface area contributed by atoms with Gasteiger partial charge in [0.1, 0.15) is 5.65 Å². The molecular formula is C14H21N5O. The molecule has 0 saturated carbocycles. The zero-order chi connectivity index (χ0) is 14.5. The van der Waals surface area contributed by atoms with Gasteiger partial charge in [-0.25, -0.2) is 0 Å². The third kappa shape index (κ3) is 2.91. The largest absolute Gasteiger partial charge is 0.369 e. The highest BCUT2D eigenvalue weighted by atomic mass is 16.1. The molecule has 0 spiro atoms. The van der Waals surface area contributed by atoms with Gasteiger partial charge in [-0.2, -0.15) is 4.98 Å². The smallest absolute Gasteiger partial charge is 0.262 e. The van der Waals surface area contributed by atoms with Crippen molar-refractivity contribution in [1.29, 1.82) is 0 Å². The predicted octanol–water partition coefficient (Wildman–Crippen LogP) is 1.67. The van der Waals surface area contributed by atoms with E-state index >= 15 is 0 Å². The lowest BCUT2D eigenvalue weighted by molar-refractivity contribution is 0.584. The van der Waals surface area contributed by atoms with Gasteiger partial charge in [-0.15, -0.1) is 0 Å². The molecule has 1 unspecified atom stereocenters. The van der Waals surface area contributed by atoms with E-state index in [1.807, 2.05) is 13.8 Å². The number of anilines is 1. The number of nitrogens with one attached hydrogen (secondary N) is 3. The average molecular weight is 275 g/mol. The van der Waals surface area contributed by atoms with E-state index in [0.717, 1.165) is 18.4 Å². The number of H-pyrrole nitrogens is 2. The van der Waals surface area contributed by atoms with Crippen LogP contribution in [0.4, 0.5) is 5.95 Å². The summed E-state index contributed by atoms with van der Waals surface area (Å²) in [6, 6.07) is 0.399. The Morgan fingerprint density at radius 1 is 1.50 bits per heavy atom. The Bertz CT molecular complexity index is 655. The van der Waals surface area contributed by atoms with E-state index in [1.54, 1.807) is 6.20 Å². The highest BCUT2D eigenvalue weighted by Gasteiger charge is 2.12. The maximum Gasteiger partial charge on any atom is 0.262 e. The Hall–Kier alpha value is -2.08. The molecule has 6 nitrogen and oxygen atoms in total.